The van der Waals surface area contributed by atoms with Crippen LogP contribution in [0.2, 0.25) is 0 Å². The van der Waals surface area contributed by atoms with Crippen molar-refractivity contribution < 1.29 is 4.79 Å². The molecule has 1 saturated heterocycles. The highest BCUT2D eigenvalue weighted by Crippen LogP contribution is 2.21. The lowest BCUT2D eigenvalue weighted by Gasteiger charge is -2.16. The molecule has 1 aliphatic heterocycles. The maximum absolute atomic E-state index is 12.0. The minimum atomic E-state index is 0. The second kappa shape index (κ2) is 9.34. The van der Waals surface area contributed by atoms with Crippen LogP contribution in [0.25, 0.3) is 0 Å². The lowest BCUT2D eigenvalue weighted by Crippen LogP contribution is -2.33. The van der Waals surface area contributed by atoms with Crippen LogP contribution in [0.5, 0.6) is 0 Å². The lowest BCUT2D eigenvalue weighted by atomic mass is 10.1. The fourth-order valence-electron chi connectivity index (χ4n) is 2.56. The minimum absolute atomic E-state index is 0. The third-order valence-corrected chi connectivity index (χ3v) is 4.56. The molecular formula is C16H25ClN2OS. The Morgan fingerprint density at radius 3 is 2.71 bits per heavy atom. The van der Waals surface area contributed by atoms with Crippen LogP contribution >= 0.6 is 24.2 Å². The van der Waals surface area contributed by atoms with E-state index >= 15 is 0 Å². The quantitative estimate of drug-likeness (QED) is 0.785. The van der Waals surface area contributed by atoms with Crippen LogP contribution in [0.15, 0.2) is 29.2 Å². The van der Waals surface area contributed by atoms with Crippen LogP contribution in [-0.4, -0.2) is 24.2 Å². The van der Waals surface area contributed by atoms with Crippen molar-refractivity contribution in [3.05, 3.63) is 29.8 Å². The molecule has 1 aromatic rings. The first-order valence-electron chi connectivity index (χ1n) is 7.44. The van der Waals surface area contributed by atoms with Gasteiger partial charge >= 0.3 is 0 Å². The minimum Gasteiger partial charge on any atom is -0.350 e. The lowest BCUT2D eigenvalue weighted by molar-refractivity contribution is -0.122. The summed E-state index contributed by atoms with van der Waals surface area (Å²) in [5, 5.41) is 6.45. The molecule has 0 saturated carbocycles. The highest BCUT2D eigenvalue weighted by molar-refractivity contribution is 7.99. The molecule has 1 heterocycles. The number of benzene rings is 1. The van der Waals surface area contributed by atoms with Crippen LogP contribution in [0.1, 0.15) is 44.7 Å². The molecule has 0 radical (unpaired) electrons. The number of thioether (sulfide) groups is 1. The van der Waals surface area contributed by atoms with Gasteiger partial charge in [0.1, 0.15) is 0 Å². The number of hydrogen-bond donors (Lipinski definition) is 2. The van der Waals surface area contributed by atoms with Gasteiger partial charge in [0.15, 0.2) is 0 Å². The van der Waals surface area contributed by atoms with E-state index < -0.39 is 0 Å². The van der Waals surface area contributed by atoms with Gasteiger partial charge in [0.05, 0.1) is 6.04 Å². The molecule has 2 N–H and O–H groups in total. The summed E-state index contributed by atoms with van der Waals surface area (Å²) in [6.45, 7) is 5.24. The largest absolute Gasteiger partial charge is 0.350 e. The molecule has 21 heavy (non-hydrogen) atoms. The molecule has 5 heteroatoms. The summed E-state index contributed by atoms with van der Waals surface area (Å²) in [7, 11) is 0. The van der Waals surface area contributed by atoms with E-state index in [1.807, 2.05) is 18.7 Å². The second-order valence-electron chi connectivity index (χ2n) is 5.29. The smallest absolute Gasteiger partial charge is 0.222 e. The summed E-state index contributed by atoms with van der Waals surface area (Å²) in [4.78, 5) is 13.3. The molecule has 3 nitrogen and oxygen atoms in total. The Morgan fingerprint density at radius 2 is 2.14 bits per heavy atom. The molecule has 0 spiro atoms. The van der Waals surface area contributed by atoms with Gasteiger partial charge < -0.3 is 10.6 Å². The van der Waals surface area contributed by atoms with E-state index in [-0.39, 0.29) is 24.4 Å². The predicted octanol–water partition coefficient (Wildman–Crippen LogP) is 3.54. The number of nitrogens with one attached hydrogen (secondary N) is 2. The monoisotopic (exact) mass is 328 g/mol. The van der Waals surface area contributed by atoms with Crippen LogP contribution in [-0.2, 0) is 4.79 Å². The number of hydrogen-bond acceptors (Lipinski definition) is 3. The molecule has 118 valence electrons. The zero-order valence-electron chi connectivity index (χ0n) is 12.7. The van der Waals surface area contributed by atoms with Crippen molar-refractivity contribution in [2.24, 2.45) is 0 Å². The summed E-state index contributed by atoms with van der Waals surface area (Å²) in [6.07, 6.45) is 2.89. The van der Waals surface area contributed by atoms with E-state index in [4.69, 9.17) is 0 Å². The average molecular weight is 329 g/mol. The highest BCUT2D eigenvalue weighted by atomic mass is 35.5. The maximum atomic E-state index is 12.0. The van der Waals surface area contributed by atoms with Gasteiger partial charge in [-0.3, -0.25) is 4.79 Å². The zero-order chi connectivity index (χ0) is 14.4. The number of halogens is 1. The summed E-state index contributed by atoms with van der Waals surface area (Å²) in [5.74, 6) is 1.23. The van der Waals surface area contributed by atoms with Crippen molar-refractivity contribution in [1.82, 2.24) is 10.6 Å². The van der Waals surface area contributed by atoms with Crippen LogP contribution in [0.3, 0.4) is 0 Å². The maximum Gasteiger partial charge on any atom is 0.222 e. The van der Waals surface area contributed by atoms with Crippen LogP contribution in [0.4, 0.5) is 0 Å². The highest BCUT2D eigenvalue weighted by Gasteiger charge is 2.18. The van der Waals surface area contributed by atoms with E-state index in [1.165, 1.54) is 11.3 Å². The van der Waals surface area contributed by atoms with Gasteiger partial charge in [0.2, 0.25) is 5.91 Å². The molecule has 2 atom stereocenters. The molecule has 1 aromatic carbocycles. The number of carbonyl (C=O) groups is 1. The number of rotatable bonds is 6. The predicted molar refractivity (Wildman–Crippen MR) is 92.3 cm³/mol. The molecule has 1 fully saturated rings. The third kappa shape index (κ3) is 5.89. The second-order valence-corrected chi connectivity index (χ2v) is 6.63. The molecule has 0 bridgehead atoms. The van der Waals surface area contributed by atoms with Crippen molar-refractivity contribution in [2.45, 2.75) is 50.1 Å². The van der Waals surface area contributed by atoms with Gasteiger partial charge in [-0.05, 0) is 49.8 Å². The van der Waals surface area contributed by atoms with Crippen LogP contribution in [0, 0.1) is 0 Å². The Morgan fingerprint density at radius 1 is 1.43 bits per heavy atom. The first kappa shape index (κ1) is 18.3. The Bertz CT molecular complexity index is 432. The Balaban J connectivity index is 0.00000220. The normalized spacial score (nSPS) is 18.9. The number of amides is 1. The fourth-order valence-corrected chi connectivity index (χ4v) is 3.22. The van der Waals surface area contributed by atoms with Crippen molar-refractivity contribution in [3.8, 4) is 0 Å². The van der Waals surface area contributed by atoms with Crippen molar-refractivity contribution >= 4 is 30.1 Å². The summed E-state index contributed by atoms with van der Waals surface area (Å²) in [5.41, 5.74) is 1.16. The Hall–Kier alpha value is -0.710. The van der Waals surface area contributed by atoms with Crippen molar-refractivity contribution in [1.29, 1.82) is 0 Å². The molecule has 1 amide bonds. The topological polar surface area (TPSA) is 41.1 Å². The SMILES string of the molecule is CCSc1ccc(C(C)NC(=O)CC2CCCN2)cc1.Cl. The van der Waals surface area contributed by atoms with Gasteiger partial charge in [-0.25, -0.2) is 0 Å². The number of carbonyl (C=O) groups excluding carboxylic acids is 1. The van der Waals surface area contributed by atoms with Crippen molar-refractivity contribution in [3.63, 3.8) is 0 Å². The van der Waals surface area contributed by atoms with E-state index in [2.05, 4.69) is 41.8 Å². The first-order chi connectivity index (χ1) is 9.69. The third-order valence-electron chi connectivity index (χ3n) is 3.66. The fraction of sp³-hybridized carbons (Fsp3) is 0.562. The van der Waals surface area contributed by atoms with Gasteiger partial charge in [-0.2, -0.15) is 0 Å². The Kier molecular flexibility index (Phi) is 8.15. The summed E-state index contributed by atoms with van der Waals surface area (Å²) < 4.78 is 0. The molecular weight excluding hydrogens is 304 g/mol. The molecule has 1 aliphatic rings. The van der Waals surface area contributed by atoms with Crippen LogP contribution < -0.4 is 10.6 Å². The first-order valence-corrected chi connectivity index (χ1v) is 8.43. The van der Waals surface area contributed by atoms with E-state index in [9.17, 15) is 4.79 Å². The molecule has 0 aliphatic carbocycles. The average Bonchev–Trinajstić information content (AvgIpc) is 2.92. The van der Waals surface area contributed by atoms with Crippen molar-refractivity contribution in [2.75, 3.05) is 12.3 Å². The molecule has 0 aromatic heterocycles. The summed E-state index contributed by atoms with van der Waals surface area (Å²) >= 11 is 1.84. The summed E-state index contributed by atoms with van der Waals surface area (Å²) in [6, 6.07) is 8.91. The standard InChI is InChI=1S/C16H24N2OS.ClH/c1-3-20-15-8-6-13(7-9-15)12(2)18-16(19)11-14-5-4-10-17-14;/h6-9,12,14,17H,3-5,10-11H2,1-2H3,(H,18,19);1H. The zero-order valence-corrected chi connectivity index (χ0v) is 14.4. The van der Waals surface area contributed by atoms with Gasteiger partial charge in [-0.15, -0.1) is 24.2 Å². The molecule has 2 unspecified atom stereocenters. The van der Waals surface area contributed by atoms with Gasteiger partial charge in [0.25, 0.3) is 0 Å². The Labute approximate surface area is 138 Å². The van der Waals surface area contributed by atoms with E-state index in [0.717, 1.165) is 24.3 Å². The van der Waals surface area contributed by atoms with E-state index in [1.54, 1.807) is 0 Å². The van der Waals surface area contributed by atoms with E-state index in [0.29, 0.717) is 12.5 Å². The molecule has 2 rings (SSSR count). The van der Waals surface area contributed by atoms with Gasteiger partial charge in [-0.1, -0.05) is 19.1 Å². The van der Waals surface area contributed by atoms with Gasteiger partial charge in [0, 0.05) is 17.4 Å².